The van der Waals surface area contributed by atoms with Crippen molar-refractivity contribution in [3.63, 3.8) is 0 Å². The van der Waals surface area contributed by atoms with E-state index in [1.54, 1.807) is 24.8 Å². The molecule has 0 aliphatic carbocycles. The third-order valence-corrected chi connectivity index (χ3v) is 7.19. The summed E-state index contributed by atoms with van der Waals surface area (Å²) in [6.07, 6.45) is 7.12. The maximum Gasteiger partial charge on any atom is 0.193 e. The fourth-order valence-corrected chi connectivity index (χ4v) is 5.15. The molecular weight excluding hydrogens is 464 g/mol. The number of nitrogens with zero attached hydrogens (tertiary/aromatic N) is 2. The molecule has 0 N–H and O–H groups in total. The summed E-state index contributed by atoms with van der Waals surface area (Å²) in [5.74, 6) is 0. The monoisotopic (exact) mass is 486 g/mol. The van der Waals surface area contributed by atoms with Gasteiger partial charge in [-0.2, -0.15) is 0 Å². The van der Waals surface area contributed by atoms with Crippen molar-refractivity contribution < 1.29 is 0 Å². The molecule has 8 bridgehead atoms. The maximum atomic E-state index is 14.2. The van der Waals surface area contributed by atoms with Crippen LogP contribution in [0.1, 0.15) is 0 Å². The molecule has 3 nitrogen and oxygen atoms in total. The Kier molecular flexibility index (Phi) is 5.26. The average molecular weight is 487 g/mol. The third kappa shape index (κ3) is 4.00. The van der Waals surface area contributed by atoms with Crippen molar-refractivity contribution in [2.45, 2.75) is 0 Å². The summed E-state index contributed by atoms with van der Waals surface area (Å²) in [5.41, 5.74) is 4.00. The summed E-state index contributed by atoms with van der Waals surface area (Å²) in [6, 6.07) is 37.3. The standard InChI is InChI=1S/C35H22N2O/c38-35-33-19-29(17-31(21-33)27-9-13-36-14-10-27)25-5-1-23(2-6-25)24-3-7-26(8-4-24)30-18-32(22-34(35)20-30)28-11-15-37-16-12-28/h1-22H. The summed E-state index contributed by atoms with van der Waals surface area (Å²) < 4.78 is 0. The van der Waals surface area contributed by atoms with E-state index in [-0.39, 0.29) is 5.43 Å². The van der Waals surface area contributed by atoms with Gasteiger partial charge in [0.1, 0.15) is 0 Å². The van der Waals surface area contributed by atoms with Crippen molar-refractivity contribution in [2.75, 3.05) is 0 Å². The number of fused-ring (bicyclic) bond motifs is 2. The van der Waals surface area contributed by atoms with Crippen LogP contribution in [0.5, 0.6) is 0 Å². The van der Waals surface area contributed by atoms with Crippen molar-refractivity contribution >= 4 is 43.1 Å². The molecule has 38 heavy (non-hydrogen) atoms. The smallest absolute Gasteiger partial charge is 0.193 e. The third-order valence-electron chi connectivity index (χ3n) is 7.19. The van der Waals surface area contributed by atoms with E-state index in [1.807, 2.05) is 48.5 Å². The highest BCUT2D eigenvalue weighted by atomic mass is 16.1. The largest absolute Gasteiger partial charge is 0.289 e. The Morgan fingerprint density at radius 1 is 0.316 bits per heavy atom. The molecule has 0 atom stereocenters. The van der Waals surface area contributed by atoms with Crippen molar-refractivity contribution in [2.24, 2.45) is 0 Å². The first-order valence-electron chi connectivity index (χ1n) is 12.6. The lowest BCUT2D eigenvalue weighted by Gasteiger charge is -2.05. The number of hydrogen-bond donors (Lipinski definition) is 0. The minimum Gasteiger partial charge on any atom is -0.289 e. The van der Waals surface area contributed by atoms with Crippen LogP contribution < -0.4 is 5.43 Å². The molecule has 0 saturated heterocycles. The number of aromatic nitrogens is 2. The highest BCUT2D eigenvalue weighted by Gasteiger charge is 2.06. The van der Waals surface area contributed by atoms with Crippen LogP contribution >= 0.6 is 0 Å². The molecule has 0 saturated carbocycles. The molecule has 0 unspecified atom stereocenters. The van der Waals surface area contributed by atoms with Crippen molar-refractivity contribution in [3.8, 4) is 22.3 Å². The highest BCUT2D eigenvalue weighted by molar-refractivity contribution is 5.96. The molecule has 178 valence electrons. The van der Waals surface area contributed by atoms with E-state index in [4.69, 9.17) is 0 Å². The Labute approximate surface area is 219 Å². The normalized spacial score (nSPS) is 11.3. The van der Waals surface area contributed by atoms with E-state index >= 15 is 0 Å². The van der Waals surface area contributed by atoms with Crippen LogP contribution in [0.2, 0.25) is 0 Å². The second-order valence-electron chi connectivity index (χ2n) is 9.55. The zero-order valence-electron chi connectivity index (χ0n) is 20.5. The van der Waals surface area contributed by atoms with Crippen molar-refractivity contribution in [1.82, 2.24) is 9.97 Å². The fourth-order valence-electron chi connectivity index (χ4n) is 5.15. The number of benzene rings is 4. The van der Waals surface area contributed by atoms with Crippen LogP contribution in [0.15, 0.2) is 139 Å². The van der Waals surface area contributed by atoms with E-state index in [0.717, 1.165) is 54.6 Å². The number of hydrogen-bond acceptors (Lipinski definition) is 3. The van der Waals surface area contributed by atoms with Crippen LogP contribution in [0.3, 0.4) is 0 Å². The summed E-state index contributed by atoms with van der Waals surface area (Å²) in [6.45, 7) is 0. The molecule has 2 heterocycles. The van der Waals surface area contributed by atoms with Gasteiger partial charge >= 0.3 is 0 Å². The second kappa shape index (κ2) is 9.06. The molecular formula is C35H22N2O. The summed E-state index contributed by atoms with van der Waals surface area (Å²) in [5, 5.41) is 7.76. The summed E-state index contributed by atoms with van der Waals surface area (Å²) >= 11 is 0. The predicted octanol–water partition coefficient (Wildman–Crippen LogP) is 8.35. The molecule has 3 heteroatoms. The summed E-state index contributed by atoms with van der Waals surface area (Å²) in [7, 11) is 0. The van der Waals surface area contributed by atoms with Crippen LogP contribution in [-0.4, -0.2) is 9.97 Å². The van der Waals surface area contributed by atoms with Crippen LogP contribution in [0, 0.1) is 0 Å². The molecule has 2 aromatic heterocycles. The van der Waals surface area contributed by atoms with Gasteiger partial charge in [-0.1, -0.05) is 48.5 Å². The van der Waals surface area contributed by atoms with E-state index in [0.29, 0.717) is 10.8 Å². The molecule has 0 radical (unpaired) electrons. The first-order chi connectivity index (χ1) is 18.7. The first kappa shape index (κ1) is 22.1. The van der Waals surface area contributed by atoms with Crippen molar-refractivity contribution in [3.05, 3.63) is 144 Å². The van der Waals surface area contributed by atoms with Gasteiger partial charge in [0.25, 0.3) is 0 Å². The molecule has 9 rings (SSSR count). The van der Waals surface area contributed by atoms with Gasteiger partial charge in [0, 0.05) is 35.6 Å². The Hall–Kier alpha value is -5.15. The van der Waals surface area contributed by atoms with Gasteiger partial charge in [-0.25, -0.2) is 0 Å². The van der Waals surface area contributed by atoms with Crippen LogP contribution in [-0.2, 0) is 0 Å². The quantitative estimate of drug-likeness (QED) is 0.247. The SMILES string of the molecule is O=c1c2cc(-c3ccncc3)cc(c2)c2ccc(cc2)c2ccc(cc2)c2cc(-c3ccncc3)cc1c2. The van der Waals surface area contributed by atoms with Crippen molar-refractivity contribution in [1.29, 1.82) is 0 Å². The second-order valence-corrected chi connectivity index (χ2v) is 9.55. The molecule has 0 amide bonds. The van der Waals surface area contributed by atoms with E-state index in [9.17, 15) is 4.79 Å². The molecule has 0 aliphatic heterocycles. The zero-order valence-corrected chi connectivity index (χ0v) is 20.5. The lowest BCUT2D eigenvalue weighted by atomic mass is 9.99. The highest BCUT2D eigenvalue weighted by Crippen LogP contribution is 2.28. The van der Waals surface area contributed by atoms with Crippen LogP contribution in [0.4, 0.5) is 0 Å². The van der Waals surface area contributed by atoms with E-state index in [1.165, 1.54) is 0 Å². The molecule has 9 aromatic rings. The van der Waals surface area contributed by atoms with Gasteiger partial charge in [-0.05, 0) is 115 Å². The minimum absolute atomic E-state index is 0.0116. The van der Waals surface area contributed by atoms with E-state index in [2.05, 4.69) is 70.6 Å². The average Bonchev–Trinajstić information content (AvgIpc) is 3.01. The topological polar surface area (TPSA) is 42.9 Å². The lowest BCUT2D eigenvalue weighted by molar-refractivity contribution is 1.33. The molecule has 0 aliphatic rings. The van der Waals surface area contributed by atoms with Gasteiger partial charge in [-0.15, -0.1) is 0 Å². The Bertz CT molecular complexity index is 1900. The van der Waals surface area contributed by atoms with Crippen LogP contribution in [0.25, 0.3) is 65.3 Å². The molecule has 0 fully saturated rings. The Morgan fingerprint density at radius 3 is 1.00 bits per heavy atom. The maximum absolute atomic E-state index is 14.2. The molecule has 0 spiro atoms. The first-order valence-corrected chi connectivity index (χ1v) is 12.6. The summed E-state index contributed by atoms with van der Waals surface area (Å²) in [4.78, 5) is 22.5. The number of rotatable bonds is 2. The van der Waals surface area contributed by atoms with E-state index < -0.39 is 0 Å². The van der Waals surface area contributed by atoms with Gasteiger partial charge in [0.15, 0.2) is 5.43 Å². The molecule has 7 aromatic carbocycles. The lowest BCUT2D eigenvalue weighted by Crippen LogP contribution is -1.99. The van der Waals surface area contributed by atoms with Gasteiger partial charge < -0.3 is 0 Å². The zero-order chi connectivity index (χ0) is 25.5. The Balaban J connectivity index is 1.68. The Morgan fingerprint density at radius 2 is 0.632 bits per heavy atom. The van der Waals surface area contributed by atoms with Gasteiger partial charge in [0.2, 0.25) is 0 Å². The predicted molar refractivity (Wildman–Crippen MR) is 158 cm³/mol. The van der Waals surface area contributed by atoms with Gasteiger partial charge in [0.05, 0.1) is 0 Å². The minimum atomic E-state index is -0.0116. The number of pyridine rings is 2. The van der Waals surface area contributed by atoms with Gasteiger partial charge in [-0.3, -0.25) is 14.8 Å². The fraction of sp³-hybridized carbons (Fsp3) is 0.